The van der Waals surface area contributed by atoms with E-state index in [2.05, 4.69) is 14.2 Å². The van der Waals surface area contributed by atoms with Crippen LogP contribution in [-0.4, -0.2) is 19.1 Å². The van der Waals surface area contributed by atoms with Gasteiger partial charge in [-0.25, -0.2) is 0 Å². The SMILES string of the molecule is CC(C)(C)c1ccc(OC(F)(F)F)cc1.CC(C)(C)c1cccc(OC(F)(F)F)c1.CC(C)(C)c1ccccc1OC(F)(F)F. The molecule has 12 heteroatoms. The monoisotopic (exact) mass is 654 g/mol. The van der Waals surface area contributed by atoms with E-state index in [1.54, 1.807) is 36.4 Å². The van der Waals surface area contributed by atoms with Crippen LogP contribution in [0, 0.1) is 0 Å². The second-order valence-corrected chi connectivity index (χ2v) is 12.9. The molecule has 0 aliphatic heterocycles. The molecule has 0 aliphatic carbocycles. The van der Waals surface area contributed by atoms with Crippen LogP contribution in [0.4, 0.5) is 39.5 Å². The van der Waals surface area contributed by atoms with Crippen LogP contribution in [0.25, 0.3) is 0 Å². The molecule has 0 aromatic heterocycles. The third-order valence-electron chi connectivity index (χ3n) is 5.81. The first kappa shape index (κ1) is 39.5. The molecule has 0 saturated carbocycles. The number of hydrogen-bond acceptors (Lipinski definition) is 3. The van der Waals surface area contributed by atoms with Crippen LogP contribution in [0.2, 0.25) is 0 Å². The molecule has 0 amide bonds. The molecule has 45 heavy (non-hydrogen) atoms. The summed E-state index contributed by atoms with van der Waals surface area (Å²) in [5.41, 5.74) is 1.69. The van der Waals surface area contributed by atoms with Crippen LogP contribution in [0.3, 0.4) is 0 Å². The Morgan fingerprint density at radius 1 is 0.400 bits per heavy atom. The minimum atomic E-state index is -4.64. The molecule has 0 aliphatic rings. The molecule has 0 unspecified atom stereocenters. The standard InChI is InChI=1S/3C11H13F3O/c1-10(2,3)8-4-6-9(7-5-8)15-11(12,13)14;1-10(2,3)8-5-4-6-9(7-8)15-11(12,13)14;1-10(2,3)8-6-4-5-7-9(8)15-11(12,13)14/h3*4-7H,1-3H3. The summed E-state index contributed by atoms with van der Waals surface area (Å²) in [6.07, 6.45) is -13.9. The predicted octanol–water partition coefficient (Wildman–Crippen LogP) is 11.6. The Bertz CT molecular complexity index is 1320. The van der Waals surface area contributed by atoms with Crippen molar-refractivity contribution < 1.29 is 53.7 Å². The van der Waals surface area contributed by atoms with E-state index < -0.39 is 19.1 Å². The highest BCUT2D eigenvalue weighted by atomic mass is 19.4. The fourth-order valence-electron chi connectivity index (χ4n) is 3.62. The van der Waals surface area contributed by atoms with Crippen LogP contribution in [-0.2, 0) is 16.2 Å². The van der Waals surface area contributed by atoms with Crippen LogP contribution in [0.15, 0.2) is 72.8 Å². The molecule has 0 fully saturated rings. The molecule has 0 bridgehead atoms. The Labute approximate surface area is 258 Å². The Morgan fingerprint density at radius 3 is 1.27 bits per heavy atom. The lowest BCUT2D eigenvalue weighted by Gasteiger charge is -2.22. The van der Waals surface area contributed by atoms with E-state index in [0.717, 1.165) is 11.1 Å². The van der Waals surface area contributed by atoms with Gasteiger partial charge in [-0.15, -0.1) is 39.5 Å². The lowest BCUT2D eigenvalue weighted by Crippen LogP contribution is -2.21. The summed E-state index contributed by atoms with van der Waals surface area (Å²) in [5, 5.41) is 0. The second-order valence-electron chi connectivity index (χ2n) is 12.9. The van der Waals surface area contributed by atoms with E-state index in [1.807, 2.05) is 62.3 Å². The first-order valence-corrected chi connectivity index (χ1v) is 13.6. The van der Waals surface area contributed by atoms with E-state index in [0.29, 0.717) is 5.56 Å². The minimum Gasteiger partial charge on any atom is -0.406 e. The molecule has 0 atom stereocenters. The molecule has 0 radical (unpaired) electrons. The number of rotatable bonds is 3. The van der Waals surface area contributed by atoms with Crippen molar-refractivity contribution in [2.24, 2.45) is 0 Å². The molecule has 252 valence electrons. The Kier molecular flexibility index (Phi) is 12.9. The second kappa shape index (κ2) is 14.7. The van der Waals surface area contributed by atoms with Crippen molar-refractivity contribution in [1.82, 2.24) is 0 Å². The van der Waals surface area contributed by atoms with Gasteiger partial charge in [0.1, 0.15) is 17.2 Å². The van der Waals surface area contributed by atoms with Crippen LogP contribution in [0.1, 0.15) is 79.0 Å². The fraction of sp³-hybridized carbons (Fsp3) is 0.455. The summed E-state index contributed by atoms with van der Waals surface area (Å²) in [5.74, 6) is -0.483. The molecule has 3 aromatic carbocycles. The predicted molar refractivity (Wildman–Crippen MR) is 155 cm³/mol. The Balaban J connectivity index is 0.000000337. The zero-order chi connectivity index (χ0) is 35.1. The highest BCUT2D eigenvalue weighted by molar-refractivity contribution is 5.38. The molecular weight excluding hydrogens is 615 g/mol. The van der Waals surface area contributed by atoms with E-state index in [9.17, 15) is 39.5 Å². The van der Waals surface area contributed by atoms with Crippen molar-refractivity contribution >= 4 is 0 Å². The first-order valence-electron chi connectivity index (χ1n) is 13.6. The number of halogens is 9. The maximum Gasteiger partial charge on any atom is 0.573 e. The molecule has 3 aromatic rings. The van der Waals surface area contributed by atoms with Gasteiger partial charge in [-0.1, -0.05) is 105 Å². The summed E-state index contributed by atoms with van der Waals surface area (Å²) >= 11 is 0. The van der Waals surface area contributed by atoms with Gasteiger partial charge in [-0.05, 0) is 63.3 Å². The van der Waals surface area contributed by atoms with Crippen molar-refractivity contribution in [3.63, 3.8) is 0 Å². The van der Waals surface area contributed by atoms with E-state index in [4.69, 9.17) is 0 Å². The number of ether oxygens (including phenoxy) is 3. The molecular formula is C33H39F9O3. The van der Waals surface area contributed by atoms with Crippen molar-refractivity contribution in [3.05, 3.63) is 89.5 Å². The summed E-state index contributed by atoms with van der Waals surface area (Å²) in [4.78, 5) is 0. The van der Waals surface area contributed by atoms with Gasteiger partial charge in [0.05, 0.1) is 0 Å². The minimum absolute atomic E-state index is 0.0727. The largest absolute Gasteiger partial charge is 0.573 e. The Morgan fingerprint density at radius 2 is 0.844 bits per heavy atom. The zero-order valence-corrected chi connectivity index (χ0v) is 26.6. The van der Waals surface area contributed by atoms with Crippen molar-refractivity contribution in [1.29, 1.82) is 0 Å². The molecule has 0 heterocycles. The summed E-state index contributed by atoms with van der Waals surface area (Å²) in [6.45, 7) is 17.3. The number of para-hydroxylation sites is 1. The molecule has 3 nitrogen and oxygen atoms in total. The quantitative estimate of drug-likeness (QED) is 0.263. The number of benzene rings is 3. The molecule has 3 rings (SSSR count). The molecule has 0 N–H and O–H groups in total. The fourth-order valence-corrected chi connectivity index (χ4v) is 3.62. The van der Waals surface area contributed by atoms with Gasteiger partial charge in [0, 0.05) is 0 Å². The maximum atomic E-state index is 12.1. The highest BCUT2D eigenvalue weighted by Crippen LogP contribution is 2.34. The average molecular weight is 655 g/mol. The van der Waals surface area contributed by atoms with Gasteiger partial charge in [-0.3, -0.25) is 0 Å². The van der Waals surface area contributed by atoms with E-state index in [-0.39, 0.29) is 33.5 Å². The van der Waals surface area contributed by atoms with Gasteiger partial charge >= 0.3 is 19.1 Å². The van der Waals surface area contributed by atoms with E-state index in [1.165, 1.54) is 36.4 Å². The van der Waals surface area contributed by atoms with E-state index >= 15 is 0 Å². The Hall–Kier alpha value is -3.57. The maximum absolute atomic E-state index is 12.1. The van der Waals surface area contributed by atoms with Gasteiger partial charge in [0.25, 0.3) is 0 Å². The van der Waals surface area contributed by atoms with Crippen molar-refractivity contribution in [3.8, 4) is 17.2 Å². The topological polar surface area (TPSA) is 27.7 Å². The van der Waals surface area contributed by atoms with Crippen LogP contribution in [0.5, 0.6) is 17.2 Å². The third-order valence-corrected chi connectivity index (χ3v) is 5.81. The number of hydrogen-bond donors (Lipinski definition) is 0. The van der Waals surface area contributed by atoms with Gasteiger partial charge in [0.2, 0.25) is 0 Å². The van der Waals surface area contributed by atoms with Crippen molar-refractivity contribution in [2.75, 3.05) is 0 Å². The zero-order valence-electron chi connectivity index (χ0n) is 26.6. The summed E-state index contributed by atoms with van der Waals surface area (Å²) < 4.78 is 119. The lowest BCUT2D eigenvalue weighted by atomic mass is 9.86. The molecule has 0 spiro atoms. The summed E-state index contributed by atoms with van der Waals surface area (Å²) in [6, 6.07) is 18.2. The summed E-state index contributed by atoms with van der Waals surface area (Å²) in [7, 11) is 0. The van der Waals surface area contributed by atoms with Gasteiger partial charge in [-0.2, -0.15) is 0 Å². The lowest BCUT2D eigenvalue weighted by molar-refractivity contribution is -0.276. The highest BCUT2D eigenvalue weighted by Gasteiger charge is 2.34. The van der Waals surface area contributed by atoms with Gasteiger partial charge in [0.15, 0.2) is 0 Å². The number of alkyl halides is 9. The van der Waals surface area contributed by atoms with Crippen LogP contribution >= 0.6 is 0 Å². The third kappa shape index (κ3) is 16.4. The normalized spacial score (nSPS) is 12.7. The first-order chi connectivity index (χ1) is 20.1. The molecule has 0 saturated heterocycles. The van der Waals surface area contributed by atoms with Crippen molar-refractivity contribution in [2.45, 2.75) is 97.6 Å². The van der Waals surface area contributed by atoms with Gasteiger partial charge < -0.3 is 14.2 Å². The smallest absolute Gasteiger partial charge is 0.406 e. The van der Waals surface area contributed by atoms with Crippen LogP contribution < -0.4 is 14.2 Å². The average Bonchev–Trinajstić information content (AvgIpc) is 2.81.